The Morgan fingerprint density at radius 2 is 2.00 bits per heavy atom. The molecule has 0 saturated carbocycles. The van der Waals surface area contributed by atoms with Gasteiger partial charge in [0.05, 0.1) is 6.10 Å². The summed E-state index contributed by atoms with van der Waals surface area (Å²) in [7, 11) is 0. The van der Waals surface area contributed by atoms with Crippen LogP contribution in [0.5, 0.6) is 5.75 Å². The molecule has 0 aromatic heterocycles. The molecule has 2 aromatic rings. The largest absolute Gasteiger partial charge is 0.488 e. The van der Waals surface area contributed by atoms with Crippen molar-refractivity contribution in [1.82, 2.24) is 0 Å². The molecule has 0 aliphatic carbocycles. The van der Waals surface area contributed by atoms with Crippen LogP contribution < -0.4 is 4.74 Å². The second-order valence-corrected chi connectivity index (χ2v) is 6.06. The standard InChI is InChI=1S/C16H16BrClO2/c1-10-3-6-16(14(7-10)11(2)19)20-9-12-4-5-13(17)8-15(12)18/h3-8,11,19H,9H2,1-2H3/t11-/m1/s1. The van der Waals surface area contributed by atoms with Crippen LogP contribution in [0.15, 0.2) is 40.9 Å². The highest BCUT2D eigenvalue weighted by atomic mass is 79.9. The van der Waals surface area contributed by atoms with Crippen LogP contribution in [0.25, 0.3) is 0 Å². The average molecular weight is 356 g/mol. The van der Waals surface area contributed by atoms with Gasteiger partial charge < -0.3 is 9.84 Å². The molecule has 0 radical (unpaired) electrons. The van der Waals surface area contributed by atoms with E-state index in [1.807, 2.05) is 43.3 Å². The molecule has 106 valence electrons. The van der Waals surface area contributed by atoms with Crippen LogP contribution in [0.1, 0.15) is 29.7 Å². The molecule has 4 heteroatoms. The summed E-state index contributed by atoms with van der Waals surface area (Å²) < 4.78 is 6.74. The van der Waals surface area contributed by atoms with Gasteiger partial charge in [-0.3, -0.25) is 0 Å². The number of ether oxygens (including phenoxy) is 1. The summed E-state index contributed by atoms with van der Waals surface area (Å²) in [5, 5.41) is 10.5. The van der Waals surface area contributed by atoms with Crippen LogP contribution in [0, 0.1) is 6.92 Å². The van der Waals surface area contributed by atoms with E-state index in [1.54, 1.807) is 6.92 Å². The second kappa shape index (κ2) is 6.61. The zero-order chi connectivity index (χ0) is 14.7. The molecule has 0 amide bonds. The molecule has 2 nitrogen and oxygen atoms in total. The predicted molar refractivity (Wildman–Crippen MR) is 85.3 cm³/mol. The number of hydrogen-bond donors (Lipinski definition) is 1. The van der Waals surface area contributed by atoms with Gasteiger partial charge in [-0.2, -0.15) is 0 Å². The fourth-order valence-electron chi connectivity index (χ4n) is 1.92. The Hall–Kier alpha value is -1.03. The van der Waals surface area contributed by atoms with Crippen molar-refractivity contribution in [3.63, 3.8) is 0 Å². The van der Waals surface area contributed by atoms with Gasteiger partial charge in [0.2, 0.25) is 0 Å². The molecule has 0 heterocycles. The van der Waals surface area contributed by atoms with Gasteiger partial charge >= 0.3 is 0 Å². The number of aryl methyl sites for hydroxylation is 1. The lowest BCUT2D eigenvalue weighted by Gasteiger charge is -2.15. The first-order chi connectivity index (χ1) is 9.47. The summed E-state index contributed by atoms with van der Waals surface area (Å²) >= 11 is 9.54. The molecule has 0 fully saturated rings. The number of hydrogen-bond acceptors (Lipinski definition) is 2. The molecule has 0 spiro atoms. The molecule has 20 heavy (non-hydrogen) atoms. The zero-order valence-electron chi connectivity index (χ0n) is 11.4. The Bertz CT molecular complexity index is 611. The van der Waals surface area contributed by atoms with E-state index in [0.29, 0.717) is 17.4 Å². The number of benzene rings is 2. The molecule has 2 aromatic carbocycles. The van der Waals surface area contributed by atoms with Gasteiger partial charge in [-0.15, -0.1) is 0 Å². The van der Waals surface area contributed by atoms with E-state index in [4.69, 9.17) is 16.3 Å². The Labute approximate surface area is 132 Å². The van der Waals surface area contributed by atoms with Crippen LogP contribution in [0.2, 0.25) is 5.02 Å². The molecule has 1 atom stereocenters. The molecular formula is C16H16BrClO2. The Morgan fingerprint density at radius 3 is 2.65 bits per heavy atom. The van der Waals surface area contributed by atoms with Crippen molar-refractivity contribution in [2.75, 3.05) is 0 Å². The van der Waals surface area contributed by atoms with Gasteiger partial charge in [0.25, 0.3) is 0 Å². The summed E-state index contributed by atoms with van der Waals surface area (Å²) in [5.41, 5.74) is 2.79. The Morgan fingerprint density at radius 1 is 1.25 bits per heavy atom. The lowest BCUT2D eigenvalue weighted by atomic mass is 10.1. The van der Waals surface area contributed by atoms with Crippen molar-refractivity contribution in [3.8, 4) is 5.75 Å². The number of aliphatic hydroxyl groups is 1. The van der Waals surface area contributed by atoms with Gasteiger partial charge in [-0.25, -0.2) is 0 Å². The van der Waals surface area contributed by atoms with Gasteiger partial charge in [0.1, 0.15) is 12.4 Å². The van der Waals surface area contributed by atoms with Crippen molar-refractivity contribution < 1.29 is 9.84 Å². The fourth-order valence-corrected chi connectivity index (χ4v) is 2.65. The smallest absolute Gasteiger partial charge is 0.125 e. The minimum Gasteiger partial charge on any atom is -0.488 e. The van der Waals surface area contributed by atoms with Crippen LogP contribution in [0.3, 0.4) is 0 Å². The SMILES string of the molecule is Cc1ccc(OCc2ccc(Br)cc2Cl)c([C@@H](C)O)c1. The third kappa shape index (κ3) is 3.75. The Balaban J connectivity index is 2.18. The van der Waals surface area contributed by atoms with E-state index in [-0.39, 0.29) is 0 Å². The van der Waals surface area contributed by atoms with Crippen molar-refractivity contribution in [2.45, 2.75) is 26.6 Å². The van der Waals surface area contributed by atoms with Gasteiger partial charge in [-0.1, -0.05) is 45.2 Å². The number of halogens is 2. The zero-order valence-corrected chi connectivity index (χ0v) is 13.7. The molecule has 0 bridgehead atoms. The number of aliphatic hydroxyl groups excluding tert-OH is 1. The quantitative estimate of drug-likeness (QED) is 0.832. The summed E-state index contributed by atoms with van der Waals surface area (Å²) in [6.45, 7) is 4.09. The summed E-state index contributed by atoms with van der Waals surface area (Å²) in [5.74, 6) is 0.685. The van der Waals surface area contributed by atoms with E-state index in [0.717, 1.165) is 21.2 Å². The first-order valence-electron chi connectivity index (χ1n) is 6.32. The third-order valence-corrected chi connectivity index (χ3v) is 3.86. The Kier molecular flexibility index (Phi) is 5.08. The maximum Gasteiger partial charge on any atom is 0.125 e. The van der Waals surface area contributed by atoms with Crippen molar-refractivity contribution in [1.29, 1.82) is 0 Å². The first-order valence-corrected chi connectivity index (χ1v) is 7.50. The minimum absolute atomic E-state index is 0.370. The van der Waals surface area contributed by atoms with Crippen LogP contribution in [-0.2, 0) is 6.61 Å². The summed E-state index contributed by atoms with van der Waals surface area (Å²) in [6, 6.07) is 11.5. The van der Waals surface area contributed by atoms with Crippen LogP contribution in [-0.4, -0.2) is 5.11 Å². The molecule has 0 aliphatic rings. The monoisotopic (exact) mass is 354 g/mol. The van der Waals surface area contributed by atoms with E-state index >= 15 is 0 Å². The third-order valence-electron chi connectivity index (χ3n) is 3.01. The normalized spacial score (nSPS) is 12.2. The van der Waals surface area contributed by atoms with Crippen molar-refractivity contribution >= 4 is 27.5 Å². The average Bonchev–Trinajstić information content (AvgIpc) is 2.38. The maximum absolute atomic E-state index is 9.80. The van der Waals surface area contributed by atoms with E-state index < -0.39 is 6.10 Å². The van der Waals surface area contributed by atoms with Gasteiger partial charge in [0, 0.05) is 20.6 Å². The van der Waals surface area contributed by atoms with Gasteiger partial charge in [0.15, 0.2) is 0 Å². The van der Waals surface area contributed by atoms with Crippen LogP contribution >= 0.6 is 27.5 Å². The van der Waals surface area contributed by atoms with Gasteiger partial charge in [-0.05, 0) is 38.1 Å². The summed E-state index contributed by atoms with van der Waals surface area (Å²) in [4.78, 5) is 0. The molecular weight excluding hydrogens is 340 g/mol. The fraction of sp³-hybridized carbons (Fsp3) is 0.250. The molecule has 0 saturated heterocycles. The predicted octanol–water partition coefficient (Wildman–Crippen LogP) is 5.04. The highest BCUT2D eigenvalue weighted by Gasteiger charge is 2.10. The molecule has 1 N–H and O–H groups in total. The van der Waals surface area contributed by atoms with E-state index in [1.165, 1.54) is 0 Å². The summed E-state index contributed by atoms with van der Waals surface area (Å²) in [6.07, 6.45) is -0.565. The van der Waals surface area contributed by atoms with Crippen LogP contribution in [0.4, 0.5) is 0 Å². The van der Waals surface area contributed by atoms with Crippen molar-refractivity contribution in [2.24, 2.45) is 0 Å². The highest BCUT2D eigenvalue weighted by molar-refractivity contribution is 9.10. The highest BCUT2D eigenvalue weighted by Crippen LogP contribution is 2.28. The second-order valence-electron chi connectivity index (χ2n) is 4.74. The minimum atomic E-state index is -0.565. The molecule has 0 aliphatic heterocycles. The van der Waals surface area contributed by atoms with Crippen molar-refractivity contribution in [3.05, 3.63) is 62.6 Å². The number of rotatable bonds is 4. The lowest BCUT2D eigenvalue weighted by Crippen LogP contribution is -2.02. The molecule has 2 rings (SSSR count). The molecule has 0 unspecified atom stereocenters. The maximum atomic E-state index is 9.80. The first kappa shape index (κ1) is 15.4. The van der Waals surface area contributed by atoms with E-state index in [9.17, 15) is 5.11 Å². The lowest BCUT2D eigenvalue weighted by molar-refractivity contribution is 0.190. The van der Waals surface area contributed by atoms with E-state index in [2.05, 4.69) is 15.9 Å². The topological polar surface area (TPSA) is 29.5 Å².